The summed E-state index contributed by atoms with van der Waals surface area (Å²) in [7, 11) is 0. The van der Waals surface area contributed by atoms with Crippen molar-refractivity contribution in [3.05, 3.63) is 63.1 Å². The van der Waals surface area contributed by atoms with Crippen molar-refractivity contribution >= 4 is 6.08 Å². The quantitative estimate of drug-likeness (QED) is 0.627. The minimum Gasteiger partial charge on any atom is -0.259 e. The highest BCUT2D eigenvalue weighted by molar-refractivity contribution is 5.55. The van der Waals surface area contributed by atoms with Crippen LogP contribution in [0.5, 0.6) is 0 Å². The third-order valence-corrected chi connectivity index (χ3v) is 2.99. The van der Waals surface area contributed by atoms with Gasteiger partial charge in [-0.05, 0) is 32.9 Å². The average Bonchev–Trinajstić information content (AvgIpc) is 2.63. The van der Waals surface area contributed by atoms with Crippen LogP contribution in [0.15, 0.2) is 30.5 Å². The van der Waals surface area contributed by atoms with Gasteiger partial charge in [-0.15, -0.1) is 0 Å². The lowest BCUT2D eigenvalue weighted by atomic mass is 10.2. The predicted octanol–water partition coefficient (Wildman–Crippen LogP) is 3.04. The Morgan fingerprint density at radius 2 is 1.84 bits per heavy atom. The molecule has 0 amide bonds. The summed E-state index contributed by atoms with van der Waals surface area (Å²) < 4.78 is 1.80. The number of aryl methyl sites for hydroxylation is 2. The first-order chi connectivity index (χ1) is 8.99. The van der Waals surface area contributed by atoms with Gasteiger partial charge >= 0.3 is 0 Å². The number of hydrogen-bond acceptors (Lipinski definition) is 3. The minimum atomic E-state index is -0.470. The van der Waals surface area contributed by atoms with Crippen molar-refractivity contribution < 1.29 is 4.92 Å². The second-order valence-electron chi connectivity index (χ2n) is 4.43. The number of aromatic nitrogens is 2. The Morgan fingerprint density at radius 3 is 2.42 bits per heavy atom. The molecular formula is C14H15N3O2. The van der Waals surface area contributed by atoms with E-state index in [4.69, 9.17) is 0 Å². The standard InChI is InChI=1S/C14H15N3O2/c1-10-4-6-13(7-5-10)17-12(3)14(11(2)15-17)8-9-16(18)19/h4-9H,1-3H3. The summed E-state index contributed by atoms with van der Waals surface area (Å²) in [5.41, 5.74) is 4.58. The molecule has 0 spiro atoms. The molecule has 0 aliphatic carbocycles. The molecule has 0 aliphatic rings. The van der Waals surface area contributed by atoms with Crippen molar-refractivity contribution in [3.63, 3.8) is 0 Å². The van der Waals surface area contributed by atoms with E-state index in [9.17, 15) is 10.1 Å². The van der Waals surface area contributed by atoms with Crippen molar-refractivity contribution in [2.75, 3.05) is 0 Å². The summed E-state index contributed by atoms with van der Waals surface area (Å²) >= 11 is 0. The van der Waals surface area contributed by atoms with Gasteiger partial charge < -0.3 is 0 Å². The minimum absolute atomic E-state index is 0.470. The Kier molecular flexibility index (Phi) is 3.46. The molecule has 0 N–H and O–H groups in total. The highest BCUT2D eigenvalue weighted by Crippen LogP contribution is 2.19. The van der Waals surface area contributed by atoms with Crippen LogP contribution in [0.25, 0.3) is 11.8 Å². The van der Waals surface area contributed by atoms with Gasteiger partial charge in [0.25, 0.3) is 0 Å². The predicted molar refractivity (Wildman–Crippen MR) is 73.8 cm³/mol. The van der Waals surface area contributed by atoms with E-state index in [2.05, 4.69) is 5.10 Å². The zero-order chi connectivity index (χ0) is 14.0. The van der Waals surface area contributed by atoms with Gasteiger partial charge in [-0.2, -0.15) is 5.10 Å². The smallest absolute Gasteiger partial charge is 0.235 e. The van der Waals surface area contributed by atoms with Gasteiger partial charge in [-0.25, -0.2) is 4.68 Å². The molecule has 1 aromatic heterocycles. The SMILES string of the molecule is Cc1ccc(-n2nc(C)c(C=C[N+](=O)[O-])c2C)cc1. The molecule has 5 nitrogen and oxygen atoms in total. The van der Waals surface area contributed by atoms with E-state index in [0.717, 1.165) is 28.8 Å². The molecule has 0 aliphatic heterocycles. The first-order valence-electron chi connectivity index (χ1n) is 5.94. The van der Waals surface area contributed by atoms with Crippen LogP contribution in [0, 0.1) is 30.9 Å². The molecular weight excluding hydrogens is 242 g/mol. The third-order valence-electron chi connectivity index (χ3n) is 2.99. The van der Waals surface area contributed by atoms with Gasteiger partial charge in [-0.1, -0.05) is 17.7 Å². The van der Waals surface area contributed by atoms with Crippen LogP contribution in [-0.4, -0.2) is 14.7 Å². The van der Waals surface area contributed by atoms with E-state index in [-0.39, 0.29) is 0 Å². The van der Waals surface area contributed by atoms with E-state index in [1.165, 1.54) is 11.6 Å². The summed E-state index contributed by atoms with van der Waals surface area (Å²) in [4.78, 5) is 9.93. The average molecular weight is 257 g/mol. The van der Waals surface area contributed by atoms with Crippen LogP contribution in [0.2, 0.25) is 0 Å². The largest absolute Gasteiger partial charge is 0.259 e. The molecule has 0 saturated carbocycles. The molecule has 2 rings (SSSR count). The summed E-state index contributed by atoms with van der Waals surface area (Å²) in [5, 5.41) is 14.8. The summed E-state index contributed by atoms with van der Waals surface area (Å²) in [5.74, 6) is 0. The fourth-order valence-electron chi connectivity index (χ4n) is 1.97. The van der Waals surface area contributed by atoms with Crippen molar-refractivity contribution in [2.24, 2.45) is 0 Å². The molecule has 98 valence electrons. The van der Waals surface area contributed by atoms with E-state index in [1.807, 2.05) is 45.0 Å². The fourth-order valence-corrected chi connectivity index (χ4v) is 1.97. The molecule has 0 bridgehead atoms. The highest BCUT2D eigenvalue weighted by Gasteiger charge is 2.11. The van der Waals surface area contributed by atoms with Gasteiger partial charge in [0.05, 0.1) is 16.3 Å². The molecule has 19 heavy (non-hydrogen) atoms. The topological polar surface area (TPSA) is 61.0 Å². The molecule has 1 heterocycles. The third kappa shape index (κ3) is 2.70. The molecule has 0 unspecified atom stereocenters. The van der Waals surface area contributed by atoms with Gasteiger partial charge in [0.15, 0.2) is 0 Å². The van der Waals surface area contributed by atoms with Crippen molar-refractivity contribution in [1.29, 1.82) is 0 Å². The summed E-state index contributed by atoms with van der Waals surface area (Å²) in [6, 6.07) is 7.99. The number of nitrogens with zero attached hydrogens (tertiary/aromatic N) is 3. The first-order valence-corrected chi connectivity index (χ1v) is 5.94. The Bertz CT molecular complexity index is 639. The van der Waals surface area contributed by atoms with Crippen molar-refractivity contribution in [2.45, 2.75) is 20.8 Å². The van der Waals surface area contributed by atoms with Crippen LogP contribution in [0.1, 0.15) is 22.5 Å². The lowest BCUT2D eigenvalue weighted by Gasteiger charge is -2.04. The molecule has 0 saturated heterocycles. The van der Waals surface area contributed by atoms with Gasteiger partial charge in [0.2, 0.25) is 6.20 Å². The van der Waals surface area contributed by atoms with Gasteiger partial charge in [0, 0.05) is 17.3 Å². The van der Waals surface area contributed by atoms with E-state index in [1.54, 1.807) is 4.68 Å². The summed E-state index contributed by atoms with van der Waals surface area (Å²) in [6.45, 7) is 5.77. The first kappa shape index (κ1) is 13.0. The molecule has 0 radical (unpaired) electrons. The zero-order valence-electron chi connectivity index (χ0n) is 11.1. The van der Waals surface area contributed by atoms with Crippen molar-refractivity contribution in [3.8, 4) is 5.69 Å². The number of rotatable bonds is 3. The van der Waals surface area contributed by atoms with E-state index in [0.29, 0.717) is 0 Å². The van der Waals surface area contributed by atoms with Crippen LogP contribution in [0.3, 0.4) is 0 Å². The lowest BCUT2D eigenvalue weighted by Crippen LogP contribution is -1.98. The Labute approximate surface area is 111 Å². The fraction of sp³-hybridized carbons (Fsp3) is 0.214. The van der Waals surface area contributed by atoms with Gasteiger partial charge in [0.1, 0.15) is 0 Å². The second kappa shape index (κ2) is 5.06. The van der Waals surface area contributed by atoms with E-state index >= 15 is 0 Å². The monoisotopic (exact) mass is 257 g/mol. The maximum absolute atomic E-state index is 10.4. The van der Waals surface area contributed by atoms with Crippen LogP contribution in [0.4, 0.5) is 0 Å². The highest BCUT2D eigenvalue weighted by atomic mass is 16.6. The van der Waals surface area contributed by atoms with Gasteiger partial charge in [-0.3, -0.25) is 10.1 Å². The molecule has 0 atom stereocenters. The maximum Gasteiger partial charge on any atom is 0.235 e. The molecule has 2 aromatic rings. The Hall–Kier alpha value is -2.43. The number of nitro groups is 1. The molecule has 5 heteroatoms. The number of benzene rings is 1. The molecule has 1 aromatic carbocycles. The Morgan fingerprint density at radius 1 is 1.21 bits per heavy atom. The normalized spacial score (nSPS) is 11.1. The maximum atomic E-state index is 10.4. The molecule has 0 fully saturated rings. The van der Waals surface area contributed by atoms with Crippen LogP contribution >= 0.6 is 0 Å². The second-order valence-corrected chi connectivity index (χ2v) is 4.43. The summed E-state index contributed by atoms with van der Waals surface area (Å²) in [6.07, 6.45) is 2.43. The van der Waals surface area contributed by atoms with Crippen molar-refractivity contribution in [1.82, 2.24) is 9.78 Å². The van der Waals surface area contributed by atoms with E-state index < -0.39 is 4.92 Å². The van der Waals surface area contributed by atoms with Crippen LogP contribution in [-0.2, 0) is 0 Å². The lowest BCUT2D eigenvalue weighted by molar-refractivity contribution is -0.400. The Balaban J connectivity index is 2.46. The number of hydrogen-bond donors (Lipinski definition) is 0. The van der Waals surface area contributed by atoms with Crippen LogP contribution < -0.4 is 0 Å². The zero-order valence-corrected chi connectivity index (χ0v) is 11.1.